The average molecular weight is 523 g/mol. The first-order chi connectivity index (χ1) is 18.5. The molecule has 0 saturated heterocycles. The van der Waals surface area contributed by atoms with Crippen LogP contribution in [0.4, 0.5) is 5.69 Å². The summed E-state index contributed by atoms with van der Waals surface area (Å²) < 4.78 is 5.20. The van der Waals surface area contributed by atoms with Gasteiger partial charge in [-0.05, 0) is 54.1 Å². The lowest BCUT2D eigenvalue weighted by molar-refractivity contribution is -0.113. The molecule has 6 nitrogen and oxygen atoms in total. The van der Waals surface area contributed by atoms with Crippen molar-refractivity contribution in [3.63, 3.8) is 0 Å². The first kappa shape index (κ1) is 26.4. The Morgan fingerprint density at radius 1 is 0.789 bits per heavy atom. The number of ether oxygens (including phenoxy) is 1. The number of ketones is 1. The van der Waals surface area contributed by atoms with E-state index in [1.807, 2.05) is 42.5 Å². The largest absolute Gasteiger partial charge is 0.497 e. The van der Waals surface area contributed by atoms with Crippen LogP contribution in [0.2, 0.25) is 0 Å². The molecule has 0 spiro atoms. The maximum Gasteiger partial charge on any atom is 0.272 e. The highest BCUT2D eigenvalue weighted by Gasteiger charge is 2.15. The molecule has 0 aliphatic carbocycles. The Labute approximate surface area is 225 Å². The zero-order valence-corrected chi connectivity index (χ0v) is 21.5. The van der Waals surface area contributed by atoms with E-state index in [-0.39, 0.29) is 23.1 Å². The molecule has 0 radical (unpaired) electrons. The van der Waals surface area contributed by atoms with Crippen LogP contribution in [-0.2, 0) is 4.79 Å². The Hall–Kier alpha value is -4.62. The number of amides is 2. The molecule has 38 heavy (non-hydrogen) atoms. The van der Waals surface area contributed by atoms with E-state index in [4.69, 9.17) is 4.74 Å². The fourth-order valence-corrected chi connectivity index (χ4v) is 4.40. The van der Waals surface area contributed by atoms with Crippen molar-refractivity contribution in [1.29, 1.82) is 0 Å². The molecule has 0 bridgehead atoms. The van der Waals surface area contributed by atoms with Crippen LogP contribution in [-0.4, -0.2) is 30.5 Å². The zero-order chi connectivity index (χ0) is 26.7. The van der Waals surface area contributed by atoms with Crippen molar-refractivity contribution in [2.24, 2.45) is 0 Å². The molecule has 0 saturated carbocycles. The van der Waals surface area contributed by atoms with Crippen LogP contribution in [0, 0.1) is 0 Å². The first-order valence-corrected chi connectivity index (χ1v) is 12.8. The van der Waals surface area contributed by atoms with Gasteiger partial charge in [-0.2, -0.15) is 0 Å². The second-order valence-corrected chi connectivity index (χ2v) is 9.26. The molecule has 0 heterocycles. The standard InChI is InChI=1S/C31H26N2O4S/c1-37-26-16-8-14-24(19-26)29(34)21-38-27-17-9-15-25(20-27)32-31(36)28(18-22-10-4-2-5-11-22)33-30(35)23-12-6-3-7-13-23/h2-20H,21H2,1H3,(H,32,36)(H,33,35)/b28-18-. The third kappa shape index (κ3) is 7.44. The van der Waals surface area contributed by atoms with Crippen LogP contribution in [0.3, 0.4) is 0 Å². The number of hydrogen-bond donors (Lipinski definition) is 2. The van der Waals surface area contributed by atoms with Crippen molar-refractivity contribution < 1.29 is 19.1 Å². The van der Waals surface area contributed by atoms with E-state index in [9.17, 15) is 14.4 Å². The van der Waals surface area contributed by atoms with Crippen LogP contribution in [0.1, 0.15) is 26.3 Å². The van der Waals surface area contributed by atoms with Gasteiger partial charge in [-0.1, -0.05) is 66.7 Å². The zero-order valence-electron chi connectivity index (χ0n) is 20.7. The van der Waals surface area contributed by atoms with E-state index in [1.54, 1.807) is 79.9 Å². The van der Waals surface area contributed by atoms with Crippen molar-refractivity contribution >= 4 is 41.1 Å². The Morgan fingerprint density at radius 3 is 2.21 bits per heavy atom. The van der Waals surface area contributed by atoms with E-state index in [1.165, 1.54) is 11.8 Å². The van der Waals surface area contributed by atoms with Gasteiger partial charge < -0.3 is 15.4 Å². The van der Waals surface area contributed by atoms with Crippen LogP contribution in [0.15, 0.2) is 120 Å². The molecular weight excluding hydrogens is 496 g/mol. The quantitative estimate of drug-likeness (QED) is 0.150. The summed E-state index contributed by atoms with van der Waals surface area (Å²) in [5, 5.41) is 5.59. The van der Waals surface area contributed by atoms with Gasteiger partial charge in [-0.15, -0.1) is 11.8 Å². The number of thioether (sulfide) groups is 1. The number of nitrogens with one attached hydrogen (secondary N) is 2. The number of carbonyl (C=O) groups is 3. The van der Waals surface area contributed by atoms with E-state index in [2.05, 4.69) is 10.6 Å². The van der Waals surface area contributed by atoms with Gasteiger partial charge in [-0.25, -0.2) is 0 Å². The normalized spacial score (nSPS) is 10.9. The maximum atomic E-state index is 13.2. The summed E-state index contributed by atoms with van der Waals surface area (Å²) in [4.78, 5) is 39.5. The molecule has 0 aromatic heterocycles. The van der Waals surface area contributed by atoms with Crippen molar-refractivity contribution in [3.8, 4) is 5.75 Å². The molecule has 2 N–H and O–H groups in total. The van der Waals surface area contributed by atoms with E-state index >= 15 is 0 Å². The number of benzene rings is 4. The summed E-state index contributed by atoms with van der Waals surface area (Å²) in [7, 11) is 1.56. The molecule has 190 valence electrons. The highest BCUT2D eigenvalue weighted by atomic mass is 32.2. The molecule has 0 unspecified atom stereocenters. The minimum absolute atomic E-state index is 0.0277. The molecule has 4 aromatic carbocycles. The predicted molar refractivity (Wildman–Crippen MR) is 151 cm³/mol. The highest BCUT2D eigenvalue weighted by molar-refractivity contribution is 8.00. The van der Waals surface area contributed by atoms with Gasteiger partial charge in [0, 0.05) is 21.7 Å². The third-order valence-corrected chi connectivity index (χ3v) is 6.49. The molecule has 4 rings (SSSR count). The van der Waals surface area contributed by atoms with Crippen molar-refractivity contribution in [3.05, 3.63) is 132 Å². The van der Waals surface area contributed by atoms with E-state index in [0.29, 0.717) is 22.6 Å². The minimum Gasteiger partial charge on any atom is -0.497 e. The van der Waals surface area contributed by atoms with Gasteiger partial charge in [0.1, 0.15) is 11.4 Å². The molecule has 2 amide bonds. The second kappa shape index (κ2) is 13.1. The smallest absolute Gasteiger partial charge is 0.272 e. The fraction of sp³-hybridized carbons (Fsp3) is 0.0645. The lowest BCUT2D eigenvalue weighted by Crippen LogP contribution is -2.30. The number of rotatable bonds is 10. The van der Waals surface area contributed by atoms with Gasteiger partial charge in [0.25, 0.3) is 11.8 Å². The summed E-state index contributed by atoms with van der Waals surface area (Å²) in [5.41, 5.74) is 2.44. The van der Waals surface area contributed by atoms with Crippen molar-refractivity contribution in [2.75, 3.05) is 18.2 Å². The molecular formula is C31H26N2O4S. The van der Waals surface area contributed by atoms with Crippen LogP contribution >= 0.6 is 11.8 Å². The first-order valence-electron chi connectivity index (χ1n) is 11.9. The van der Waals surface area contributed by atoms with Crippen molar-refractivity contribution in [1.82, 2.24) is 5.32 Å². The van der Waals surface area contributed by atoms with Crippen LogP contribution in [0.5, 0.6) is 5.75 Å². The topological polar surface area (TPSA) is 84.5 Å². The van der Waals surface area contributed by atoms with Gasteiger partial charge in [0.2, 0.25) is 0 Å². The molecule has 7 heteroatoms. The predicted octanol–water partition coefficient (Wildman–Crippen LogP) is 6.08. The fourth-order valence-electron chi connectivity index (χ4n) is 3.55. The number of anilines is 1. The Kier molecular flexibility index (Phi) is 9.10. The molecule has 4 aromatic rings. The number of methoxy groups -OCH3 is 1. The van der Waals surface area contributed by atoms with Crippen molar-refractivity contribution in [2.45, 2.75) is 4.90 Å². The average Bonchev–Trinajstić information content (AvgIpc) is 2.96. The molecule has 0 fully saturated rings. The second-order valence-electron chi connectivity index (χ2n) is 8.21. The number of carbonyl (C=O) groups excluding carboxylic acids is 3. The summed E-state index contributed by atoms with van der Waals surface area (Å²) in [6, 6.07) is 32.2. The van der Waals surface area contributed by atoms with Gasteiger partial charge in [0.15, 0.2) is 5.78 Å². The van der Waals surface area contributed by atoms with Crippen LogP contribution in [0.25, 0.3) is 6.08 Å². The van der Waals surface area contributed by atoms with E-state index in [0.717, 1.165) is 10.5 Å². The summed E-state index contributed by atoms with van der Waals surface area (Å²) in [6.07, 6.45) is 1.63. The molecule has 0 aliphatic rings. The molecule has 0 aliphatic heterocycles. The lowest BCUT2D eigenvalue weighted by atomic mass is 10.1. The molecule has 0 atom stereocenters. The minimum atomic E-state index is -0.465. The van der Waals surface area contributed by atoms with Gasteiger partial charge >= 0.3 is 0 Å². The number of Topliss-reactive ketones (excluding diaryl/α,β-unsaturated/α-hetero) is 1. The van der Waals surface area contributed by atoms with E-state index < -0.39 is 5.91 Å². The SMILES string of the molecule is COc1cccc(C(=O)CSc2cccc(NC(=O)/C(=C/c3ccccc3)NC(=O)c3ccccc3)c2)c1. The maximum absolute atomic E-state index is 13.2. The highest BCUT2D eigenvalue weighted by Crippen LogP contribution is 2.24. The Bertz CT molecular complexity index is 1450. The summed E-state index contributed by atoms with van der Waals surface area (Å²) in [5.74, 6) is -0.0167. The lowest BCUT2D eigenvalue weighted by Gasteiger charge is -2.12. The van der Waals surface area contributed by atoms with Gasteiger partial charge in [-0.3, -0.25) is 14.4 Å². The van der Waals surface area contributed by atoms with Gasteiger partial charge in [0.05, 0.1) is 12.9 Å². The monoisotopic (exact) mass is 522 g/mol. The Balaban J connectivity index is 1.46. The summed E-state index contributed by atoms with van der Waals surface area (Å²) >= 11 is 1.37. The summed E-state index contributed by atoms with van der Waals surface area (Å²) in [6.45, 7) is 0. The van der Waals surface area contributed by atoms with Crippen LogP contribution < -0.4 is 15.4 Å². The Morgan fingerprint density at radius 2 is 1.47 bits per heavy atom. The third-order valence-electron chi connectivity index (χ3n) is 5.49. The number of hydrogen-bond acceptors (Lipinski definition) is 5.